The van der Waals surface area contributed by atoms with Crippen LogP contribution >= 0.6 is 0 Å². The highest BCUT2D eigenvalue weighted by molar-refractivity contribution is 5.82. The van der Waals surface area contributed by atoms with Crippen LogP contribution in [0.25, 0.3) is 10.9 Å². The first-order chi connectivity index (χ1) is 9.87. The van der Waals surface area contributed by atoms with E-state index in [1.807, 2.05) is 45.2 Å². The largest absolute Gasteiger partial charge is 0.497 e. The van der Waals surface area contributed by atoms with Crippen LogP contribution < -0.4 is 10.5 Å². The molecule has 0 atom stereocenters. The summed E-state index contributed by atoms with van der Waals surface area (Å²) in [5, 5.41) is 10.5. The second-order valence-electron chi connectivity index (χ2n) is 5.92. The van der Waals surface area contributed by atoms with Crippen molar-refractivity contribution in [2.45, 2.75) is 25.9 Å². The average Bonchev–Trinajstić information content (AvgIpc) is 2.47. The molecule has 1 heterocycles. The summed E-state index contributed by atoms with van der Waals surface area (Å²) >= 11 is 0. The number of anilines is 1. The first-order valence-electron chi connectivity index (χ1n) is 6.92. The summed E-state index contributed by atoms with van der Waals surface area (Å²) in [4.78, 5) is 6.52. The van der Waals surface area contributed by atoms with Gasteiger partial charge in [-0.05, 0) is 39.1 Å². The zero-order valence-corrected chi connectivity index (χ0v) is 13.1. The number of aromatic nitrogens is 1. The van der Waals surface area contributed by atoms with Crippen LogP contribution in [-0.2, 0) is 6.54 Å². The number of benzene rings is 1. The van der Waals surface area contributed by atoms with Gasteiger partial charge in [-0.15, -0.1) is 0 Å². The van der Waals surface area contributed by atoms with Crippen molar-refractivity contribution in [3.05, 3.63) is 29.8 Å². The highest BCUT2D eigenvalue weighted by Crippen LogP contribution is 2.25. The number of hydrogen-bond donors (Lipinski definition) is 2. The number of rotatable bonds is 5. The van der Waals surface area contributed by atoms with E-state index in [9.17, 15) is 5.11 Å². The summed E-state index contributed by atoms with van der Waals surface area (Å²) in [6, 6.07) is 7.80. The van der Waals surface area contributed by atoms with E-state index in [1.165, 1.54) is 0 Å². The van der Waals surface area contributed by atoms with Crippen LogP contribution in [0.4, 0.5) is 5.82 Å². The summed E-state index contributed by atoms with van der Waals surface area (Å²) in [7, 11) is 3.60. The summed E-state index contributed by atoms with van der Waals surface area (Å²) in [5.41, 5.74) is 7.54. The number of methoxy groups -OCH3 is 1. The number of nitrogens with two attached hydrogens (primary N) is 1. The molecule has 0 aliphatic rings. The van der Waals surface area contributed by atoms with Gasteiger partial charge < -0.3 is 15.6 Å². The van der Waals surface area contributed by atoms with Crippen LogP contribution in [0.1, 0.15) is 19.4 Å². The number of likely N-dealkylation sites (N-methyl/N-ethyl adjacent to an activating group) is 1. The second-order valence-corrected chi connectivity index (χ2v) is 5.92. The van der Waals surface area contributed by atoms with E-state index in [2.05, 4.69) is 9.88 Å². The van der Waals surface area contributed by atoms with Crippen LogP contribution in [0.15, 0.2) is 24.3 Å². The van der Waals surface area contributed by atoms with Crippen molar-refractivity contribution in [2.24, 2.45) is 0 Å². The number of ether oxygens (including phenoxy) is 1. The molecule has 5 heteroatoms. The third kappa shape index (κ3) is 3.25. The zero-order chi connectivity index (χ0) is 15.6. The maximum Gasteiger partial charge on any atom is 0.128 e. The fraction of sp³-hybridized carbons (Fsp3) is 0.438. The van der Waals surface area contributed by atoms with Crippen molar-refractivity contribution in [2.75, 3.05) is 26.5 Å². The molecule has 0 fully saturated rings. The van der Waals surface area contributed by atoms with Crippen molar-refractivity contribution in [1.82, 2.24) is 9.88 Å². The predicted octanol–water partition coefficient (Wildman–Crippen LogP) is 2.03. The third-order valence-corrected chi connectivity index (χ3v) is 3.97. The molecule has 3 N–H and O–H groups in total. The SMILES string of the molecule is COc1ccc2cc(CN(C)C(C)(C)CO)c(N)nc2c1. The van der Waals surface area contributed by atoms with E-state index < -0.39 is 0 Å². The van der Waals surface area contributed by atoms with Crippen molar-refractivity contribution >= 4 is 16.7 Å². The first-order valence-corrected chi connectivity index (χ1v) is 6.92. The zero-order valence-electron chi connectivity index (χ0n) is 13.1. The van der Waals surface area contributed by atoms with E-state index in [0.29, 0.717) is 12.4 Å². The van der Waals surface area contributed by atoms with Crippen molar-refractivity contribution in [1.29, 1.82) is 0 Å². The molecule has 0 unspecified atom stereocenters. The van der Waals surface area contributed by atoms with Gasteiger partial charge in [0.2, 0.25) is 0 Å². The number of nitrogens with zero attached hydrogens (tertiary/aromatic N) is 2. The highest BCUT2D eigenvalue weighted by Gasteiger charge is 2.23. The fourth-order valence-corrected chi connectivity index (χ4v) is 2.05. The maximum atomic E-state index is 9.44. The van der Waals surface area contributed by atoms with Gasteiger partial charge in [-0.1, -0.05) is 0 Å². The van der Waals surface area contributed by atoms with Gasteiger partial charge in [-0.25, -0.2) is 4.98 Å². The fourth-order valence-electron chi connectivity index (χ4n) is 2.05. The van der Waals surface area contributed by atoms with E-state index >= 15 is 0 Å². The maximum absolute atomic E-state index is 9.44. The first kappa shape index (κ1) is 15.5. The van der Waals surface area contributed by atoms with Crippen LogP contribution in [-0.4, -0.2) is 41.3 Å². The van der Waals surface area contributed by atoms with Gasteiger partial charge in [0.1, 0.15) is 11.6 Å². The molecule has 21 heavy (non-hydrogen) atoms. The van der Waals surface area contributed by atoms with Gasteiger partial charge in [-0.3, -0.25) is 4.90 Å². The molecule has 114 valence electrons. The Morgan fingerprint density at radius 1 is 1.33 bits per heavy atom. The van der Waals surface area contributed by atoms with E-state index in [-0.39, 0.29) is 12.1 Å². The Hall–Kier alpha value is -1.85. The van der Waals surface area contributed by atoms with Gasteiger partial charge in [0.05, 0.1) is 19.2 Å². The normalized spacial score (nSPS) is 12.1. The van der Waals surface area contributed by atoms with Crippen LogP contribution in [0.2, 0.25) is 0 Å². The Balaban J connectivity index is 2.35. The molecule has 0 bridgehead atoms. The Morgan fingerprint density at radius 3 is 2.67 bits per heavy atom. The predicted molar refractivity (Wildman–Crippen MR) is 85.3 cm³/mol. The molecule has 0 amide bonds. The topological polar surface area (TPSA) is 71.6 Å². The summed E-state index contributed by atoms with van der Waals surface area (Å²) in [6.07, 6.45) is 0. The summed E-state index contributed by atoms with van der Waals surface area (Å²) < 4.78 is 5.20. The quantitative estimate of drug-likeness (QED) is 0.881. The van der Waals surface area contributed by atoms with Crippen LogP contribution in [0, 0.1) is 0 Å². The minimum atomic E-state index is -0.304. The molecule has 2 aromatic rings. The van der Waals surface area contributed by atoms with Crippen molar-refractivity contribution in [3.8, 4) is 5.75 Å². The van der Waals surface area contributed by atoms with E-state index in [4.69, 9.17) is 10.5 Å². The van der Waals surface area contributed by atoms with Gasteiger partial charge in [0, 0.05) is 29.1 Å². The van der Waals surface area contributed by atoms with E-state index in [1.54, 1.807) is 7.11 Å². The molecule has 0 saturated carbocycles. The Labute approximate surface area is 125 Å². The molecule has 1 aromatic carbocycles. The van der Waals surface area contributed by atoms with Crippen LogP contribution in [0.5, 0.6) is 5.75 Å². The lowest BCUT2D eigenvalue weighted by Gasteiger charge is -2.34. The molecular weight excluding hydrogens is 266 g/mol. The molecular formula is C16H23N3O2. The number of aliphatic hydroxyl groups is 1. The molecule has 2 rings (SSSR count). The van der Waals surface area contributed by atoms with Crippen LogP contribution in [0.3, 0.4) is 0 Å². The lowest BCUT2D eigenvalue weighted by molar-refractivity contribution is 0.0735. The lowest BCUT2D eigenvalue weighted by Crippen LogP contribution is -2.43. The monoisotopic (exact) mass is 289 g/mol. The van der Waals surface area contributed by atoms with Crippen molar-refractivity contribution in [3.63, 3.8) is 0 Å². The van der Waals surface area contributed by atoms with E-state index in [0.717, 1.165) is 22.2 Å². The Morgan fingerprint density at radius 2 is 2.05 bits per heavy atom. The summed E-state index contributed by atoms with van der Waals surface area (Å²) in [5.74, 6) is 1.28. The molecule has 0 aliphatic carbocycles. The second kappa shape index (κ2) is 5.87. The van der Waals surface area contributed by atoms with Gasteiger partial charge in [0.15, 0.2) is 0 Å². The van der Waals surface area contributed by atoms with Crippen molar-refractivity contribution < 1.29 is 9.84 Å². The molecule has 5 nitrogen and oxygen atoms in total. The number of hydrogen-bond acceptors (Lipinski definition) is 5. The summed E-state index contributed by atoms with van der Waals surface area (Å²) in [6.45, 7) is 4.70. The third-order valence-electron chi connectivity index (χ3n) is 3.97. The highest BCUT2D eigenvalue weighted by atomic mass is 16.5. The molecule has 0 radical (unpaired) electrons. The Bertz CT molecular complexity index is 641. The molecule has 0 aliphatic heterocycles. The van der Waals surface area contributed by atoms with Gasteiger partial charge in [-0.2, -0.15) is 0 Å². The van der Waals surface area contributed by atoms with Gasteiger partial charge in [0.25, 0.3) is 0 Å². The smallest absolute Gasteiger partial charge is 0.128 e. The standard InChI is InChI=1S/C16H23N3O2/c1-16(2,10-20)19(3)9-12-7-11-5-6-13(21-4)8-14(11)18-15(12)17/h5-8,20H,9-10H2,1-4H3,(H2,17,18). The molecule has 0 spiro atoms. The molecule has 0 saturated heterocycles. The molecule has 1 aromatic heterocycles. The lowest BCUT2D eigenvalue weighted by atomic mass is 10.0. The number of pyridine rings is 1. The van der Waals surface area contributed by atoms with Gasteiger partial charge >= 0.3 is 0 Å². The number of fused-ring (bicyclic) bond motifs is 1. The number of aliphatic hydroxyl groups excluding tert-OH is 1. The minimum Gasteiger partial charge on any atom is -0.497 e. The Kier molecular flexibility index (Phi) is 4.34. The average molecular weight is 289 g/mol. The number of nitrogen functional groups attached to an aromatic ring is 1. The minimum absolute atomic E-state index is 0.0849.